The van der Waals surface area contributed by atoms with Gasteiger partial charge in [-0.05, 0) is 56.4 Å². The summed E-state index contributed by atoms with van der Waals surface area (Å²) in [5.74, 6) is 0. The van der Waals surface area contributed by atoms with Crippen LogP contribution in [0, 0.1) is 4.78 Å². The van der Waals surface area contributed by atoms with Crippen LogP contribution in [0.25, 0.3) is 0 Å². The average Bonchev–Trinajstić information content (AvgIpc) is 2.84. The van der Waals surface area contributed by atoms with Crippen LogP contribution < -0.4 is 5.73 Å². The Bertz CT molecular complexity index is 937. The van der Waals surface area contributed by atoms with E-state index in [0.29, 0.717) is 38.6 Å². The van der Waals surface area contributed by atoms with Crippen LogP contribution in [0.3, 0.4) is 0 Å². The van der Waals surface area contributed by atoms with Crippen LogP contribution in [0.1, 0.15) is 6.42 Å². The van der Waals surface area contributed by atoms with E-state index >= 15 is 0 Å². The first-order chi connectivity index (χ1) is 12.8. The first-order valence-corrected chi connectivity index (χ1v) is 11.6. The zero-order valence-corrected chi connectivity index (χ0v) is 18.1. The fourth-order valence-electron chi connectivity index (χ4n) is 2.92. The number of nitrogens with zero attached hydrogens (tertiary/aromatic N) is 2. The summed E-state index contributed by atoms with van der Waals surface area (Å²) in [4.78, 5) is 4.07. The third-order valence-electron chi connectivity index (χ3n) is 4.42. The number of likely N-dealkylation sites (N-methyl/N-ethyl adjacent to an activating group) is 1. The van der Waals surface area contributed by atoms with Crippen molar-refractivity contribution in [2.24, 2.45) is 0 Å². The standard InChI is InChI=1S/C18H22Cl2N4OS2/c1-23-7-2-8-24(10-9-23)27(22,25)18-12-14(21)4-6-16(18)26-17-11-13(19)3-5-15(17)20/h3-6,11-12,22H,2,7-10,21H2,1H3. The van der Waals surface area contributed by atoms with Gasteiger partial charge in [0.1, 0.15) is 9.92 Å². The molecule has 1 aliphatic rings. The molecule has 2 aromatic rings. The van der Waals surface area contributed by atoms with Crippen molar-refractivity contribution >= 4 is 50.6 Å². The topological polar surface area (TPSA) is 73.4 Å². The molecule has 1 saturated heterocycles. The van der Waals surface area contributed by atoms with Crippen LogP contribution in [0.5, 0.6) is 0 Å². The Hall–Kier alpha value is -0.960. The SMILES string of the molecule is CN1CCCN(S(=N)(=O)c2cc(N)ccc2Sc2cc(Cl)ccc2Cl)CC1. The van der Waals surface area contributed by atoms with Crippen LogP contribution in [0.15, 0.2) is 51.1 Å². The maximum Gasteiger partial charge on any atom is 0.138 e. The quantitative estimate of drug-likeness (QED) is 0.670. The van der Waals surface area contributed by atoms with Gasteiger partial charge in [-0.1, -0.05) is 35.0 Å². The maximum atomic E-state index is 13.6. The Morgan fingerprint density at radius 3 is 2.63 bits per heavy atom. The predicted octanol–water partition coefficient (Wildman–Crippen LogP) is 4.68. The van der Waals surface area contributed by atoms with Crippen LogP contribution >= 0.6 is 35.0 Å². The Morgan fingerprint density at radius 1 is 1.07 bits per heavy atom. The molecule has 146 valence electrons. The van der Waals surface area contributed by atoms with Crippen molar-refractivity contribution in [1.82, 2.24) is 9.21 Å². The summed E-state index contributed by atoms with van der Waals surface area (Å²) in [7, 11) is -1.14. The van der Waals surface area contributed by atoms with E-state index < -0.39 is 9.92 Å². The molecule has 1 aliphatic heterocycles. The van der Waals surface area contributed by atoms with Gasteiger partial charge in [0.05, 0.1) is 9.92 Å². The summed E-state index contributed by atoms with van der Waals surface area (Å²) in [6, 6.07) is 10.4. The van der Waals surface area contributed by atoms with Crippen LogP contribution in [0.4, 0.5) is 5.69 Å². The lowest BCUT2D eigenvalue weighted by atomic mass is 10.3. The molecule has 1 unspecified atom stereocenters. The van der Waals surface area contributed by atoms with Gasteiger partial charge >= 0.3 is 0 Å². The zero-order valence-electron chi connectivity index (χ0n) is 15.0. The Morgan fingerprint density at radius 2 is 1.85 bits per heavy atom. The number of halogens is 2. The molecule has 27 heavy (non-hydrogen) atoms. The highest BCUT2D eigenvalue weighted by Gasteiger charge is 2.26. The van der Waals surface area contributed by atoms with Crippen molar-refractivity contribution in [2.45, 2.75) is 21.1 Å². The van der Waals surface area contributed by atoms with E-state index in [-0.39, 0.29) is 0 Å². The molecule has 5 nitrogen and oxygen atoms in total. The molecule has 0 radical (unpaired) electrons. The second kappa shape index (κ2) is 8.59. The smallest absolute Gasteiger partial charge is 0.138 e. The summed E-state index contributed by atoms with van der Waals surface area (Å²) >= 11 is 13.7. The van der Waals surface area contributed by atoms with Crippen molar-refractivity contribution in [3.63, 3.8) is 0 Å². The molecule has 0 spiro atoms. The third-order valence-corrected chi connectivity index (χ3v) is 8.39. The number of nitrogen functional groups attached to an aromatic ring is 1. The lowest BCUT2D eigenvalue weighted by Gasteiger charge is -2.25. The van der Waals surface area contributed by atoms with Gasteiger partial charge in [-0.15, -0.1) is 0 Å². The first-order valence-electron chi connectivity index (χ1n) is 8.52. The van der Waals surface area contributed by atoms with Crippen LogP contribution in [-0.4, -0.2) is 46.6 Å². The summed E-state index contributed by atoms with van der Waals surface area (Å²) in [6.07, 6.45) is 0.872. The zero-order chi connectivity index (χ0) is 19.6. The van der Waals surface area contributed by atoms with E-state index in [0.717, 1.165) is 24.4 Å². The maximum absolute atomic E-state index is 13.6. The van der Waals surface area contributed by atoms with E-state index in [1.54, 1.807) is 40.7 Å². The van der Waals surface area contributed by atoms with Gasteiger partial charge in [-0.25, -0.2) is 13.3 Å². The highest BCUT2D eigenvalue weighted by atomic mass is 35.5. The number of hydrogen-bond donors (Lipinski definition) is 2. The highest BCUT2D eigenvalue weighted by molar-refractivity contribution is 8.00. The molecule has 0 aliphatic carbocycles. The van der Waals surface area contributed by atoms with Crippen molar-refractivity contribution in [3.05, 3.63) is 46.4 Å². The fraction of sp³-hybridized carbons (Fsp3) is 0.333. The number of nitrogens with two attached hydrogens (primary N) is 1. The normalized spacial score (nSPS) is 18.8. The van der Waals surface area contributed by atoms with Gasteiger partial charge in [0, 0.05) is 40.1 Å². The molecular weight excluding hydrogens is 423 g/mol. The van der Waals surface area contributed by atoms with Gasteiger partial charge in [-0.2, -0.15) is 0 Å². The summed E-state index contributed by atoms with van der Waals surface area (Å²) in [5, 5.41) is 1.13. The minimum atomic E-state index is -3.18. The van der Waals surface area contributed by atoms with E-state index in [1.165, 1.54) is 11.8 Å². The summed E-state index contributed by atoms with van der Waals surface area (Å²) in [5.41, 5.74) is 6.45. The Labute approximate surface area is 174 Å². The van der Waals surface area contributed by atoms with Gasteiger partial charge in [0.15, 0.2) is 0 Å². The van der Waals surface area contributed by atoms with Crippen molar-refractivity contribution < 1.29 is 4.21 Å². The minimum Gasteiger partial charge on any atom is -0.399 e. The largest absolute Gasteiger partial charge is 0.399 e. The van der Waals surface area contributed by atoms with Gasteiger partial charge < -0.3 is 10.6 Å². The Balaban J connectivity index is 1.99. The molecule has 9 heteroatoms. The molecule has 0 bridgehead atoms. The van der Waals surface area contributed by atoms with Crippen molar-refractivity contribution in [1.29, 1.82) is 4.78 Å². The molecule has 0 saturated carbocycles. The number of benzene rings is 2. The van der Waals surface area contributed by atoms with Gasteiger partial charge in [0.25, 0.3) is 0 Å². The lowest BCUT2D eigenvalue weighted by Crippen LogP contribution is -2.34. The lowest BCUT2D eigenvalue weighted by molar-refractivity contribution is 0.349. The van der Waals surface area contributed by atoms with Gasteiger partial charge in [-0.3, -0.25) is 0 Å². The van der Waals surface area contributed by atoms with Gasteiger partial charge in [0.2, 0.25) is 0 Å². The van der Waals surface area contributed by atoms with Crippen molar-refractivity contribution in [2.75, 3.05) is 39.0 Å². The van der Waals surface area contributed by atoms with E-state index in [2.05, 4.69) is 4.90 Å². The number of hydrogen-bond acceptors (Lipinski definition) is 5. The fourth-order valence-corrected chi connectivity index (χ4v) is 6.38. The van der Waals surface area contributed by atoms with E-state index in [9.17, 15) is 4.21 Å². The second-order valence-electron chi connectivity index (χ2n) is 6.49. The van der Waals surface area contributed by atoms with Crippen LogP contribution in [0.2, 0.25) is 10.0 Å². The average molecular weight is 445 g/mol. The second-order valence-corrected chi connectivity index (χ2v) is 10.4. The predicted molar refractivity (Wildman–Crippen MR) is 114 cm³/mol. The molecule has 0 amide bonds. The molecule has 1 fully saturated rings. The molecule has 2 aromatic carbocycles. The van der Waals surface area contributed by atoms with Crippen LogP contribution in [-0.2, 0) is 9.92 Å². The first kappa shape index (κ1) is 20.8. The molecule has 0 aromatic heterocycles. The van der Waals surface area contributed by atoms with Crippen molar-refractivity contribution in [3.8, 4) is 0 Å². The highest BCUT2D eigenvalue weighted by Crippen LogP contribution is 2.39. The summed E-state index contributed by atoms with van der Waals surface area (Å²) in [6.45, 7) is 2.91. The number of nitrogens with one attached hydrogen (secondary N) is 1. The van der Waals surface area contributed by atoms with E-state index in [1.807, 2.05) is 7.05 Å². The molecule has 3 N–H and O–H groups in total. The molecular formula is C18H22Cl2N4OS2. The monoisotopic (exact) mass is 444 g/mol. The number of anilines is 1. The number of rotatable bonds is 4. The summed E-state index contributed by atoms with van der Waals surface area (Å²) < 4.78 is 24.1. The molecule has 1 heterocycles. The molecule has 1 atom stereocenters. The third kappa shape index (κ3) is 4.91. The van der Waals surface area contributed by atoms with E-state index in [4.69, 9.17) is 33.7 Å². The molecule has 3 rings (SSSR count). The Kier molecular flexibility index (Phi) is 6.61. The minimum absolute atomic E-state index is 0.424.